The van der Waals surface area contributed by atoms with E-state index in [1.54, 1.807) is 52.0 Å². The fourth-order valence-corrected chi connectivity index (χ4v) is 6.86. The van der Waals surface area contributed by atoms with E-state index in [1.165, 1.54) is 6.42 Å². The lowest BCUT2D eigenvalue weighted by atomic mass is 9.90. The quantitative estimate of drug-likeness (QED) is 0.168. The third-order valence-electron chi connectivity index (χ3n) is 9.96. The monoisotopic (exact) mass is 720 g/mol. The molecule has 292 valence electrons. The van der Waals surface area contributed by atoms with E-state index in [2.05, 4.69) is 29.8 Å². The number of carbonyl (C=O) groups is 4. The maximum absolute atomic E-state index is 13.9. The highest BCUT2D eigenvalue weighted by atomic mass is 16.5. The van der Waals surface area contributed by atoms with Crippen LogP contribution in [-0.2, 0) is 28.7 Å². The number of hydrogen-bond donors (Lipinski definition) is 4. The summed E-state index contributed by atoms with van der Waals surface area (Å²) in [7, 11) is 6.50. The second-order valence-electron chi connectivity index (χ2n) is 14.2. The first kappa shape index (κ1) is 46.0. The number of likely N-dealkylation sites (N-methyl/N-ethyl adjacent to an activating group) is 2. The van der Waals surface area contributed by atoms with Crippen molar-refractivity contribution in [2.45, 2.75) is 130 Å². The molecule has 12 nitrogen and oxygen atoms in total. The lowest BCUT2D eigenvalue weighted by Gasteiger charge is -2.39. The number of methoxy groups -OCH3 is 2. The number of likely N-dealkylation sites (tertiary alicyclic amines) is 1. The molecule has 0 radical (unpaired) electrons. The molecule has 0 bridgehead atoms. The van der Waals surface area contributed by atoms with Crippen LogP contribution in [0.1, 0.15) is 99.2 Å². The van der Waals surface area contributed by atoms with Crippen LogP contribution in [0.15, 0.2) is 30.3 Å². The van der Waals surface area contributed by atoms with Crippen LogP contribution in [0.5, 0.6) is 0 Å². The summed E-state index contributed by atoms with van der Waals surface area (Å²) >= 11 is 0. The molecule has 4 amide bonds. The summed E-state index contributed by atoms with van der Waals surface area (Å²) in [5.74, 6) is -1.45. The lowest BCUT2D eigenvalue weighted by molar-refractivity contribution is -0.146. The van der Waals surface area contributed by atoms with Crippen LogP contribution in [0.4, 0.5) is 0 Å². The van der Waals surface area contributed by atoms with Gasteiger partial charge in [0, 0.05) is 27.8 Å². The van der Waals surface area contributed by atoms with Gasteiger partial charge < -0.3 is 40.3 Å². The highest BCUT2D eigenvalue weighted by Crippen LogP contribution is 2.29. The Bertz CT molecular complexity index is 1190. The molecule has 1 aromatic carbocycles. The third-order valence-corrected chi connectivity index (χ3v) is 9.96. The van der Waals surface area contributed by atoms with Crippen molar-refractivity contribution < 1.29 is 33.8 Å². The number of hydrogen-bond acceptors (Lipinski definition) is 8. The van der Waals surface area contributed by atoms with Crippen LogP contribution in [0.25, 0.3) is 0 Å². The summed E-state index contributed by atoms with van der Waals surface area (Å²) in [6.07, 6.45) is 1.45. The molecule has 1 fully saturated rings. The minimum absolute atomic E-state index is 0.00571. The Labute approximate surface area is 307 Å². The minimum Gasteiger partial charge on any atom is -0.386 e. The molecule has 9 unspecified atom stereocenters. The van der Waals surface area contributed by atoms with Gasteiger partial charge in [0.05, 0.1) is 61.4 Å². The molecule has 1 aliphatic heterocycles. The zero-order chi connectivity index (χ0) is 38.8. The standard InChI is InChI=1S/C36H61N5O7.C3H8/c1-11-23(4)32(40(8)30(43)21-38-36(46)31(37-7)22(2)3)28(47-9)20-29(42)41-19-15-18-27(41)34(48-10)24(5)35(45)39-25(6)33(44)26-16-13-12-14-17-26;1-3-2/h12-14,16-17,22-25,27-28,31-34,37,44H,11,15,18-21H2,1-10H3,(H,38,46)(H,39,45);3H2,1-2H3. The summed E-state index contributed by atoms with van der Waals surface area (Å²) < 4.78 is 11.8. The lowest BCUT2D eigenvalue weighted by Crippen LogP contribution is -2.55. The van der Waals surface area contributed by atoms with E-state index in [1.807, 2.05) is 58.0 Å². The number of nitrogens with zero attached hydrogens (tertiary/aromatic N) is 2. The van der Waals surface area contributed by atoms with E-state index in [9.17, 15) is 24.3 Å². The summed E-state index contributed by atoms with van der Waals surface area (Å²) in [5, 5.41) is 19.4. The van der Waals surface area contributed by atoms with Crippen molar-refractivity contribution in [3.8, 4) is 0 Å². The third kappa shape index (κ3) is 13.5. The Balaban J connectivity index is 0.00000418. The smallest absolute Gasteiger partial charge is 0.242 e. The van der Waals surface area contributed by atoms with E-state index in [0.29, 0.717) is 18.5 Å². The normalized spacial score (nSPS) is 19.0. The fraction of sp³-hybridized carbons (Fsp3) is 0.744. The van der Waals surface area contributed by atoms with Gasteiger partial charge in [-0.15, -0.1) is 0 Å². The molecule has 51 heavy (non-hydrogen) atoms. The zero-order valence-electron chi connectivity index (χ0n) is 33.4. The largest absolute Gasteiger partial charge is 0.386 e. The molecule has 0 aliphatic carbocycles. The molecule has 1 saturated heterocycles. The Hall–Kier alpha value is -3.06. The first-order valence-electron chi connectivity index (χ1n) is 18.7. The van der Waals surface area contributed by atoms with Crippen LogP contribution < -0.4 is 16.0 Å². The molecule has 9 atom stereocenters. The number of ether oxygens (including phenoxy) is 2. The fourth-order valence-electron chi connectivity index (χ4n) is 6.86. The van der Waals surface area contributed by atoms with Crippen molar-refractivity contribution in [2.75, 3.05) is 41.4 Å². The van der Waals surface area contributed by atoms with Gasteiger partial charge in [-0.05, 0) is 44.2 Å². The number of rotatable bonds is 19. The number of nitrogens with one attached hydrogen (secondary N) is 3. The molecule has 1 heterocycles. The number of aliphatic hydroxyl groups is 1. The van der Waals surface area contributed by atoms with E-state index in [4.69, 9.17) is 9.47 Å². The first-order valence-corrected chi connectivity index (χ1v) is 18.7. The topological polar surface area (TPSA) is 150 Å². The number of amides is 4. The highest BCUT2D eigenvalue weighted by molar-refractivity contribution is 5.87. The molecule has 12 heteroatoms. The molecule has 1 aromatic rings. The number of aliphatic hydroxyl groups excluding tert-OH is 1. The van der Waals surface area contributed by atoms with Crippen molar-refractivity contribution in [1.82, 2.24) is 25.8 Å². The highest BCUT2D eigenvalue weighted by Gasteiger charge is 2.42. The van der Waals surface area contributed by atoms with Gasteiger partial charge in [-0.25, -0.2) is 0 Å². The molecular weight excluding hydrogens is 650 g/mol. The second kappa shape index (κ2) is 23.5. The molecule has 4 N–H and O–H groups in total. The van der Waals surface area contributed by atoms with E-state index in [-0.39, 0.29) is 54.5 Å². The van der Waals surface area contributed by atoms with Crippen molar-refractivity contribution in [2.24, 2.45) is 17.8 Å². The maximum atomic E-state index is 13.9. The van der Waals surface area contributed by atoms with Gasteiger partial charge in [-0.1, -0.05) is 91.6 Å². The van der Waals surface area contributed by atoms with Crippen LogP contribution in [0.2, 0.25) is 0 Å². The Kier molecular flexibility index (Phi) is 21.2. The molecule has 0 aromatic heterocycles. The zero-order valence-corrected chi connectivity index (χ0v) is 33.4. The van der Waals surface area contributed by atoms with Crippen LogP contribution >= 0.6 is 0 Å². The van der Waals surface area contributed by atoms with Crippen LogP contribution in [-0.4, -0.2) is 116 Å². The summed E-state index contributed by atoms with van der Waals surface area (Å²) in [6.45, 7) is 16.1. The molecule has 0 spiro atoms. The second-order valence-corrected chi connectivity index (χ2v) is 14.2. The average molecular weight is 720 g/mol. The average Bonchev–Trinajstić information content (AvgIpc) is 3.60. The number of benzene rings is 1. The van der Waals surface area contributed by atoms with Crippen molar-refractivity contribution in [3.05, 3.63) is 35.9 Å². The van der Waals surface area contributed by atoms with Gasteiger partial charge in [0.25, 0.3) is 0 Å². The first-order chi connectivity index (χ1) is 24.1. The summed E-state index contributed by atoms with van der Waals surface area (Å²) in [6, 6.07) is 7.48. The molecule has 1 aliphatic rings. The minimum atomic E-state index is -0.871. The Morgan fingerprint density at radius 1 is 0.980 bits per heavy atom. The van der Waals surface area contributed by atoms with E-state index < -0.39 is 42.4 Å². The van der Waals surface area contributed by atoms with Crippen molar-refractivity contribution >= 4 is 23.6 Å². The summed E-state index contributed by atoms with van der Waals surface area (Å²) in [5.41, 5.74) is 0.711. The van der Waals surface area contributed by atoms with Gasteiger partial charge in [0.15, 0.2) is 0 Å². The predicted molar refractivity (Wildman–Crippen MR) is 202 cm³/mol. The predicted octanol–water partition coefficient (Wildman–Crippen LogP) is 3.92. The van der Waals surface area contributed by atoms with Gasteiger partial charge in [-0.2, -0.15) is 0 Å². The SMILES string of the molecule is CCC.CCC(C)C(C(CC(=O)N1CCCC1C(OC)C(C)C(=O)NC(C)C(O)c1ccccc1)OC)N(C)C(=O)CNC(=O)C(NC)C(C)C. The molecular formula is C39H69N5O7. The van der Waals surface area contributed by atoms with Crippen molar-refractivity contribution in [1.29, 1.82) is 0 Å². The van der Waals surface area contributed by atoms with Gasteiger partial charge in [0.2, 0.25) is 23.6 Å². The molecule has 0 saturated carbocycles. The van der Waals surface area contributed by atoms with Crippen LogP contribution in [0.3, 0.4) is 0 Å². The number of carbonyl (C=O) groups excluding carboxylic acids is 4. The summed E-state index contributed by atoms with van der Waals surface area (Å²) in [4.78, 5) is 56.7. The van der Waals surface area contributed by atoms with E-state index >= 15 is 0 Å². The Morgan fingerprint density at radius 2 is 1.59 bits per heavy atom. The van der Waals surface area contributed by atoms with Crippen molar-refractivity contribution in [3.63, 3.8) is 0 Å². The van der Waals surface area contributed by atoms with Gasteiger partial charge in [0.1, 0.15) is 0 Å². The molecule has 2 rings (SSSR count). The Morgan fingerprint density at radius 3 is 2.10 bits per heavy atom. The van der Waals surface area contributed by atoms with Gasteiger partial charge >= 0.3 is 0 Å². The van der Waals surface area contributed by atoms with Gasteiger partial charge in [-0.3, -0.25) is 19.2 Å². The van der Waals surface area contributed by atoms with E-state index in [0.717, 1.165) is 12.8 Å². The van der Waals surface area contributed by atoms with Crippen LogP contribution in [0, 0.1) is 17.8 Å². The maximum Gasteiger partial charge on any atom is 0.242 e.